The summed E-state index contributed by atoms with van der Waals surface area (Å²) in [5.74, 6) is -0.256. The molecule has 23 heavy (non-hydrogen) atoms. The predicted molar refractivity (Wildman–Crippen MR) is 94.8 cm³/mol. The van der Waals surface area contributed by atoms with Crippen LogP contribution < -0.4 is 10.6 Å². The van der Waals surface area contributed by atoms with Gasteiger partial charge >= 0.3 is 0 Å². The molecule has 0 aliphatic heterocycles. The molecule has 1 amide bonds. The highest BCUT2D eigenvalue weighted by Crippen LogP contribution is 2.13. The van der Waals surface area contributed by atoms with Crippen molar-refractivity contribution in [2.75, 3.05) is 32.9 Å². The Balaban J connectivity index is 4.02. The minimum absolute atomic E-state index is 0.150. The summed E-state index contributed by atoms with van der Waals surface area (Å²) in [5.41, 5.74) is -0.649. The minimum atomic E-state index is -0.404. The van der Waals surface area contributed by atoms with Gasteiger partial charge in [0.15, 0.2) is 0 Å². The van der Waals surface area contributed by atoms with Crippen molar-refractivity contribution >= 4 is 23.7 Å². The van der Waals surface area contributed by atoms with E-state index >= 15 is 0 Å². The molecule has 0 aliphatic carbocycles. The van der Waals surface area contributed by atoms with Crippen molar-refractivity contribution in [1.29, 1.82) is 0 Å². The smallest absolute Gasteiger partial charge is 0.246 e. The summed E-state index contributed by atoms with van der Waals surface area (Å²) in [6.45, 7) is 12.1. The highest BCUT2D eigenvalue weighted by molar-refractivity contribution is 7.96. The van der Waals surface area contributed by atoms with Crippen LogP contribution in [-0.2, 0) is 19.1 Å². The number of hydrogen-bond donors (Lipinski definition) is 3. The molecular weight excluding hydrogens is 316 g/mol. The Morgan fingerprint density at radius 2 is 1.78 bits per heavy atom. The van der Waals surface area contributed by atoms with E-state index in [-0.39, 0.29) is 24.7 Å². The highest BCUT2D eigenvalue weighted by Gasteiger charge is 2.23. The molecule has 0 heterocycles. The molecule has 0 fully saturated rings. The molecule has 7 heteroatoms. The van der Waals surface area contributed by atoms with E-state index in [2.05, 4.69) is 30.2 Å². The van der Waals surface area contributed by atoms with Crippen LogP contribution >= 0.6 is 12.6 Å². The zero-order valence-electron chi connectivity index (χ0n) is 15.0. The van der Waals surface area contributed by atoms with Gasteiger partial charge in [-0.2, -0.15) is 0 Å². The minimum Gasteiger partial charge on any atom is -0.374 e. The number of carbonyl (C=O) groups excluding carboxylic acids is 2. The fraction of sp³-hybridized carbons (Fsp3) is 0.875. The second-order valence-electron chi connectivity index (χ2n) is 6.85. The van der Waals surface area contributed by atoms with Crippen molar-refractivity contribution < 1.29 is 19.1 Å². The van der Waals surface area contributed by atoms with E-state index in [0.29, 0.717) is 13.0 Å². The van der Waals surface area contributed by atoms with Gasteiger partial charge in [0.1, 0.15) is 13.2 Å². The van der Waals surface area contributed by atoms with Gasteiger partial charge in [0, 0.05) is 18.7 Å². The van der Waals surface area contributed by atoms with Gasteiger partial charge in [-0.15, -0.1) is 12.6 Å². The summed E-state index contributed by atoms with van der Waals surface area (Å²) in [4.78, 5) is 22.4. The van der Waals surface area contributed by atoms with E-state index in [4.69, 9.17) is 9.47 Å². The molecule has 0 unspecified atom stereocenters. The van der Waals surface area contributed by atoms with Crippen LogP contribution in [0.3, 0.4) is 0 Å². The first-order chi connectivity index (χ1) is 10.6. The second kappa shape index (κ2) is 11.0. The van der Waals surface area contributed by atoms with E-state index in [1.165, 1.54) is 0 Å². The van der Waals surface area contributed by atoms with Crippen molar-refractivity contribution in [3.8, 4) is 0 Å². The predicted octanol–water partition coefficient (Wildman–Crippen LogP) is 1.54. The fourth-order valence-electron chi connectivity index (χ4n) is 1.91. The third kappa shape index (κ3) is 13.5. The van der Waals surface area contributed by atoms with E-state index < -0.39 is 10.7 Å². The second-order valence-corrected chi connectivity index (χ2v) is 7.35. The van der Waals surface area contributed by atoms with Crippen LogP contribution in [0.25, 0.3) is 0 Å². The number of carbonyl (C=O) groups is 2. The number of nitrogens with one attached hydrogen (secondary N) is 2. The van der Waals surface area contributed by atoms with Gasteiger partial charge in [-0.05, 0) is 47.1 Å². The molecule has 2 N–H and O–H groups in total. The van der Waals surface area contributed by atoms with Crippen molar-refractivity contribution in [1.82, 2.24) is 10.6 Å². The molecular formula is C16H32N2O4S. The first kappa shape index (κ1) is 22.4. The molecule has 136 valence electrons. The molecule has 0 saturated carbocycles. The lowest BCUT2D eigenvalue weighted by molar-refractivity contribution is -0.129. The molecule has 0 aliphatic rings. The van der Waals surface area contributed by atoms with Crippen molar-refractivity contribution in [2.24, 2.45) is 0 Å². The topological polar surface area (TPSA) is 76.7 Å². The summed E-state index contributed by atoms with van der Waals surface area (Å²) in [5, 5.41) is 5.82. The van der Waals surface area contributed by atoms with Gasteiger partial charge in [-0.1, -0.05) is 6.92 Å². The highest BCUT2D eigenvalue weighted by atomic mass is 32.1. The average molecular weight is 349 g/mol. The Morgan fingerprint density at radius 1 is 1.13 bits per heavy atom. The van der Waals surface area contributed by atoms with Crippen LogP contribution in [0.5, 0.6) is 0 Å². The standard InChI is InChI=1S/C16H32N2O4S/c1-6-8-17-12-16(4,5)22-9-7-15(2,3)18-13(19)10-21-11-14(20)23/h17H,6-12H2,1-5H3,(H,18,19)(H,20,23). The Labute approximate surface area is 145 Å². The molecule has 0 rings (SSSR count). The summed E-state index contributed by atoms with van der Waals surface area (Å²) in [6, 6.07) is 0. The molecule has 0 bridgehead atoms. The third-order valence-corrected chi connectivity index (χ3v) is 3.26. The lowest BCUT2D eigenvalue weighted by Gasteiger charge is -2.30. The normalized spacial score (nSPS) is 12.3. The Kier molecular flexibility index (Phi) is 10.7. The number of ether oxygens (including phenoxy) is 2. The third-order valence-electron chi connectivity index (χ3n) is 3.13. The number of amides is 1. The maximum Gasteiger partial charge on any atom is 0.246 e. The number of hydrogen-bond acceptors (Lipinski definition) is 5. The average Bonchev–Trinajstić information content (AvgIpc) is 2.36. The first-order valence-corrected chi connectivity index (χ1v) is 8.48. The van der Waals surface area contributed by atoms with Crippen LogP contribution in [0.4, 0.5) is 0 Å². The summed E-state index contributed by atoms with van der Waals surface area (Å²) in [6.07, 6.45) is 1.78. The van der Waals surface area contributed by atoms with Gasteiger partial charge in [0.25, 0.3) is 0 Å². The largest absolute Gasteiger partial charge is 0.374 e. The lowest BCUT2D eigenvalue weighted by atomic mass is 10.0. The summed E-state index contributed by atoms with van der Waals surface area (Å²) < 4.78 is 10.8. The first-order valence-electron chi connectivity index (χ1n) is 8.03. The van der Waals surface area contributed by atoms with E-state index in [1.807, 2.05) is 27.7 Å². The van der Waals surface area contributed by atoms with Crippen molar-refractivity contribution in [3.05, 3.63) is 0 Å². The maximum absolute atomic E-state index is 11.8. The molecule has 6 nitrogen and oxygen atoms in total. The molecule has 0 radical (unpaired) electrons. The van der Waals surface area contributed by atoms with Gasteiger partial charge in [0.05, 0.1) is 5.60 Å². The zero-order valence-corrected chi connectivity index (χ0v) is 15.9. The molecule has 0 aromatic rings. The van der Waals surface area contributed by atoms with E-state index in [9.17, 15) is 9.59 Å². The quantitative estimate of drug-likeness (QED) is 0.348. The van der Waals surface area contributed by atoms with Crippen molar-refractivity contribution in [2.45, 2.75) is 58.6 Å². The van der Waals surface area contributed by atoms with E-state index in [1.54, 1.807) is 0 Å². The molecule has 0 aromatic carbocycles. The van der Waals surface area contributed by atoms with Crippen LogP contribution in [0.1, 0.15) is 47.5 Å². The molecule has 0 aromatic heterocycles. The lowest BCUT2D eigenvalue weighted by Crippen LogP contribution is -2.46. The summed E-state index contributed by atoms with van der Waals surface area (Å²) >= 11 is 3.57. The monoisotopic (exact) mass is 348 g/mol. The Bertz CT molecular complexity index is 373. The van der Waals surface area contributed by atoms with Crippen LogP contribution in [0, 0.1) is 0 Å². The van der Waals surface area contributed by atoms with Crippen molar-refractivity contribution in [3.63, 3.8) is 0 Å². The van der Waals surface area contributed by atoms with Crippen LogP contribution in [0.15, 0.2) is 0 Å². The number of thiol groups is 1. The van der Waals surface area contributed by atoms with Gasteiger partial charge in [-0.25, -0.2) is 0 Å². The van der Waals surface area contributed by atoms with Crippen LogP contribution in [-0.4, -0.2) is 55.1 Å². The SMILES string of the molecule is CCCNCC(C)(C)OCCC(C)(C)NC(=O)COCC(=O)S. The fourth-order valence-corrected chi connectivity index (χ4v) is 2.00. The van der Waals surface area contributed by atoms with Crippen LogP contribution in [0.2, 0.25) is 0 Å². The molecule has 0 saturated heterocycles. The summed E-state index contributed by atoms with van der Waals surface area (Å²) in [7, 11) is 0. The van der Waals surface area contributed by atoms with Gasteiger partial charge < -0.3 is 20.1 Å². The van der Waals surface area contributed by atoms with Gasteiger partial charge in [-0.3, -0.25) is 9.59 Å². The Morgan fingerprint density at radius 3 is 2.35 bits per heavy atom. The molecule has 0 spiro atoms. The molecule has 0 atom stereocenters. The Hall–Kier alpha value is -0.630. The van der Waals surface area contributed by atoms with E-state index in [0.717, 1.165) is 19.5 Å². The van der Waals surface area contributed by atoms with Gasteiger partial charge in [0.2, 0.25) is 11.0 Å². The maximum atomic E-state index is 11.8. The zero-order chi connectivity index (χ0) is 17.9. The number of rotatable bonds is 13.